The fourth-order valence-corrected chi connectivity index (χ4v) is 3.03. The van der Waals surface area contributed by atoms with E-state index in [-0.39, 0.29) is 24.9 Å². The Morgan fingerprint density at radius 2 is 1.86 bits per heavy atom. The molecule has 2 aromatic rings. The third-order valence-electron chi connectivity index (χ3n) is 4.54. The van der Waals surface area contributed by atoms with E-state index in [1.165, 1.54) is 4.90 Å². The summed E-state index contributed by atoms with van der Waals surface area (Å²) in [5.41, 5.74) is 2.83. The number of quaternary nitrogens is 1. The molecule has 2 N–H and O–H groups in total. The largest absolute Gasteiger partial charge is 0.497 e. The number of rotatable bonds is 9. The van der Waals surface area contributed by atoms with E-state index in [1.807, 2.05) is 26.1 Å². The van der Waals surface area contributed by atoms with E-state index in [9.17, 15) is 9.59 Å². The number of carbonyl (C=O) groups is 2. The molecule has 0 saturated heterocycles. The van der Waals surface area contributed by atoms with Crippen LogP contribution in [0.15, 0.2) is 42.5 Å². The molecule has 2 aromatic carbocycles. The van der Waals surface area contributed by atoms with Crippen LogP contribution in [0.25, 0.3) is 0 Å². The van der Waals surface area contributed by atoms with Crippen molar-refractivity contribution < 1.29 is 24.0 Å². The Morgan fingerprint density at radius 1 is 1.10 bits per heavy atom. The van der Waals surface area contributed by atoms with Crippen LogP contribution in [0.4, 0.5) is 5.69 Å². The molecule has 0 aliphatic carbocycles. The lowest BCUT2D eigenvalue weighted by atomic mass is 10.1. The van der Waals surface area contributed by atoms with Crippen LogP contribution in [0.5, 0.6) is 11.5 Å². The van der Waals surface area contributed by atoms with Crippen molar-refractivity contribution in [3.05, 3.63) is 53.6 Å². The SMILES string of the molecule is COc1cccc(NC(=O)CN(C)C(=O)C[NH+](C)Cc2cc(C)ccc2OC)c1. The number of carbonyl (C=O) groups excluding carboxylic acids is 2. The maximum absolute atomic E-state index is 12.5. The van der Waals surface area contributed by atoms with Crippen molar-refractivity contribution in [1.82, 2.24) is 4.90 Å². The number of hydrogen-bond donors (Lipinski definition) is 2. The van der Waals surface area contributed by atoms with Gasteiger partial charge < -0.3 is 24.6 Å². The molecule has 0 saturated carbocycles. The van der Waals surface area contributed by atoms with E-state index < -0.39 is 0 Å². The molecule has 1 unspecified atom stereocenters. The van der Waals surface area contributed by atoms with E-state index in [1.54, 1.807) is 45.5 Å². The zero-order valence-electron chi connectivity index (χ0n) is 17.7. The van der Waals surface area contributed by atoms with Gasteiger partial charge in [-0.15, -0.1) is 0 Å². The minimum atomic E-state index is -0.257. The number of amides is 2. The van der Waals surface area contributed by atoms with Gasteiger partial charge in [-0.1, -0.05) is 17.7 Å². The van der Waals surface area contributed by atoms with E-state index >= 15 is 0 Å². The minimum Gasteiger partial charge on any atom is -0.497 e. The average molecular weight is 400 g/mol. The Bertz CT molecular complexity index is 854. The van der Waals surface area contributed by atoms with Gasteiger partial charge in [0, 0.05) is 24.4 Å². The highest BCUT2D eigenvalue weighted by atomic mass is 16.5. The Hall–Kier alpha value is -3.06. The molecule has 2 rings (SSSR count). The van der Waals surface area contributed by atoms with Crippen LogP contribution in [-0.2, 0) is 16.1 Å². The predicted molar refractivity (Wildman–Crippen MR) is 112 cm³/mol. The Labute approximate surface area is 172 Å². The van der Waals surface area contributed by atoms with Gasteiger partial charge in [0.25, 0.3) is 5.91 Å². The maximum Gasteiger partial charge on any atom is 0.277 e. The standard InChI is InChI=1S/C22H29N3O4/c1-16-9-10-20(29-5)17(11-16)13-24(2)15-22(27)25(3)14-21(26)23-18-7-6-8-19(12-18)28-4/h6-12H,13-15H2,1-5H3,(H,23,26)/p+1. The number of aryl methyl sites for hydroxylation is 1. The van der Waals surface area contributed by atoms with E-state index in [0.29, 0.717) is 18.0 Å². The lowest BCUT2D eigenvalue weighted by molar-refractivity contribution is -0.885. The molecule has 1 atom stereocenters. The van der Waals surface area contributed by atoms with Crippen molar-refractivity contribution in [2.75, 3.05) is 46.7 Å². The average Bonchev–Trinajstić information content (AvgIpc) is 2.68. The van der Waals surface area contributed by atoms with Crippen molar-refractivity contribution in [3.63, 3.8) is 0 Å². The molecule has 0 aliphatic heterocycles. The number of anilines is 1. The number of methoxy groups -OCH3 is 2. The number of ether oxygens (including phenoxy) is 2. The van der Waals surface area contributed by atoms with E-state index in [0.717, 1.165) is 21.8 Å². The van der Waals surface area contributed by atoms with Crippen molar-refractivity contribution in [3.8, 4) is 11.5 Å². The highest BCUT2D eigenvalue weighted by Gasteiger charge is 2.18. The maximum atomic E-state index is 12.5. The molecule has 29 heavy (non-hydrogen) atoms. The molecule has 0 aromatic heterocycles. The van der Waals surface area contributed by atoms with Crippen LogP contribution in [-0.4, -0.2) is 58.1 Å². The summed E-state index contributed by atoms with van der Waals surface area (Å²) in [5.74, 6) is 1.11. The lowest BCUT2D eigenvalue weighted by Gasteiger charge is -2.20. The van der Waals surface area contributed by atoms with Crippen molar-refractivity contribution in [2.24, 2.45) is 0 Å². The fraction of sp³-hybridized carbons (Fsp3) is 0.364. The van der Waals surface area contributed by atoms with E-state index in [2.05, 4.69) is 11.4 Å². The van der Waals surface area contributed by atoms with Crippen LogP contribution >= 0.6 is 0 Å². The zero-order chi connectivity index (χ0) is 21.4. The summed E-state index contributed by atoms with van der Waals surface area (Å²) in [6, 6.07) is 13.1. The summed E-state index contributed by atoms with van der Waals surface area (Å²) in [6.07, 6.45) is 0. The third-order valence-corrected chi connectivity index (χ3v) is 4.54. The summed E-state index contributed by atoms with van der Waals surface area (Å²) in [5, 5.41) is 2.78. The van der Waals surface area contributed by atoms with Gasteiger partial charge in [0.2, 0.25) is 5.91 Å². The molecule has 0 fully saturated rings. The van der Waals surface area contributed by atoms with Crippen LogP contribution < -0.4 is 19.7 Å². The fourth-order valence-electron chi connectivity index (χ4n) is 3.03. The summed E-state index contributed by atoms with van der Waals surface area (Å²) in [7, 11) is 6.79. The van der Waals surface area contributed by atoms with Gasteiger partial charge in [0.1, 0.15) is 18.0 Å². The summed E-state index contributed by atoms with van der Waals surface area (Å²) in [6.45, 7) is 2.94. The number of hydrogen-bond acceptors (Lipinski definition) is 4. The molecular formula is C22H30N3O4+. The first-order valence-electron chi connectivity index (χ1n) is 9.45. The van der Waals surface area contributed by atoms with Gasteiger partial charge in [-0.05, 0) is 31.2 Å². The Balaban J connectivity index is 1.87. The minimum absolute atomic E-state index is 0.0168. The highest BCUT2D eigenvalue weighted by molar-refractivity contribution is 5.94. The first-order chi connectivity index (χ1) is 13.8. The second-order valence-corrected chi connectivity index (χ2v) is 7.16. The summed E-state index contributed by atoms with van der Waals surface area (Å²) in [4.78, 5) is 27.2. The number of nitrogens with zero attached hydrogens (tertiary/aromatic N) is 1. The third kappa shape index (κ3) is 6.80. The molecule has 0 aliphatic rings. The quantitative estimate of drug-likeness (QED) is 0.662. The molecule has 0 bridgehead atoms. The second-order valence-electron chi connectivity index (χ2n) is 7.16. The smallest absolute Gasteiger partial charge is 0.277 e. The normalized spacial score (nSPS) is 11.5. The topological polar surface area (TPSA) is 72.3 Å². The molecule has 7 heteroatoms. The van der Waals surface area contributed by atoms with Gasteiger partial charge in [-0.3, -0.25) is 9.59 Å². The Morgan fingerprint density at radius 3 is 2.55 bits per heavy atom. The van der Waals surface area contributed by atoms with Gasteiger partial charge in [-0.25, -0.2) is 0 Å². The van der Waals surface area contributed by atoms with Gasteiger partial charge in [-0.2, -0.15) is 0 Å². The number of likely N-dealkylation sites (N-methyl/N-ethyl adjacent to an activating group) is 2. The monoisotopic (exact) mass is 400 g/mol. The van der Waals surface area contributed by atoms with Crippen LogP contribution in [0.1, 0.15) is 11.1 Å². The van der Waals surface area contributed by atoms with Gasteiger partial charge >= 0.3 is 0 Å². The zero-order valence-corrected chi connectivity index (χ0v) is 17.7. The first kappa shape index (κ1) is 22.2. The molecule has 7 nitrogen and oxygen atoms in total. The molecule has 0 spiro atoms. The summed E-state index contributed by atoms with van der Waals surface area (Å²) >= 11 is 0. The molecule has 0 heterocycles. The molecular weight excluding hydrogens is 370 g/mol. The van der Waals surface area contributed by atoms with Crippen molar-refractivity contribution >= 4 is 17.5 Å². The molecule has 156 valence electrons. The Kier molecular flexibility index (Phi) is 8.03. The van der Waals surface area contributed by atoms with Crippen LogP contribution in [0.3, 0.4) is 0 Å². The van der Waals surface area contributed by atoms with Crippen molar-refractivity contribution in [2.45, 2.75) is 13.5 Å². The van der Waals surface area contributed by atoms with Gasteiger partial charge in [0.05, 0.1) is 27.8 Å². The highest BCUT2D eigenvalue weighted by Crippen LogP contribution is 2.18. The van der Waals surface area contributed by atoms with Gasteiger partial charge in [0.15, 0.2) is 6.54 Å². The number of nitrogens with one attached hydrogen (secondary N) is 2. The second kappa shape index (κ2) is 10.5. The molecule has 0 radical (unpaired) electrons. The molecule has 2 amide bonds. The van der Waals surface area contributed by atoms with E-state index in [4.69, 9.17) is 9.47 Å². The predicted octanol–water partition coefficient (Wildman–Crippen LogP) is 1.12. The lowest BCUT2D eigenvalue weighted by Crippen LogP contribution is -3.08. The first-order valence-corrected chi connectivity index (χ1v) is 9.45. The van der Waals surface area contributed by atoms with Crippen molar-refractivity contribution in [1.29, 1.82) is 0 Å². The number of benzene rings is 2. The summed E-state index contributed by atoms with van der Waals surface area (Å²) < 4.78 is 10.6. The van der Waals surface area contributed by atoms with Crippen LogP contribution in [0, 0.1) is 6.92 Å². The van der Waals surface area contributed by atoms with Crippen LogP contribution in [0.2, 0.25) is 0 Å².